The lowest BCUT2D eigenvalue weighted by molar-refractivity contribution is -0.121. The summed E-state index contributed by atoms with van der Waals surface area (Å²) in [5, 5.41) is 3.50. The molecule has 0 radical (unpaired) electrons. The van der Waals surface area contributed by atoms with Crippen LogP contribution in [-0.2, 0) is 11.2 Å². The first kappa shape index (κ1) is 19.7. The number of amides is 3. The van der Waals surface area contributed by atoms with E-state index in [2.05, 4.69) is 5.32 Å². The maximum absolute atomic E-state index is 13.0. The molecule has 1 aliphatic heterocycles. The van der Waals surface area contributed by atoms with Gasteiger partial charge in [-0.1, -0.05) is 48.5 Å². The number of primary amides is 1. The zero-order chi connectivity index (χ0) is 21.3. The zero-order valence-corrected chi connectivity index (χ0v) is 16.3. The molecule has 0 aliphatic carbocycles. The minimum atomic E-state index is -0.647. The molecule has 1 aromatic heterocycles. The highest BCUT2D eigenvalue weighted by atomic mass is 16.2. The predicted molar refractivity (Wildman–Crippen MR) is 114 cm³/mol. The Bertz CT molecular complexity index is 1110. The third kappa shape index (κ3) is 3.77. The number of carbonyl (C=O) groups excluding carboxylic acids is 3. The highest BCUT2D eigenvalue weighted by Crippen LogP contribution is 2.27. The number of benzene rings is 2. The Labute approximate surface area is 173 Å². The van der Waals surface area contributed by atoms with Crippen LogP contribution in [0.15, 0.2) is 60.8 Å². The Kier molecular flexibility index (Phi) is 5.24. The van der Waals surface area contributed by atoms with Crippen LogP contribution in [0.3, 0.4) is 0 Å². The van der Waals surface area contributed by atoms with Crippen LogP contribution in [0, 0.1) is 0 Å². The molecule has 3 amide bonds. The lowest BCUT2D eigenvalue weighted by Gasteiger charge is -2.23. The van der Waals surface area contributed by atoms with Gasteiger partial charge in [0.05, 0.1) is 17.2 Å². The van der Waals surface area contributed by atoms with Gasteiger partial charge in [0.2, 0.25) is 0 Å². The Balaban J connectivity index is 1.55. The molecular formula is C22H23N5O3. The summed E-state index contributed by atoms with van der Waals surface area (Å²) in [4.78, 5) is 39.1. The lowest BCUT2D eigenvalue weighted by Crippen LogP contribution is -2.43. The van der Waals surface area contributed by atoms with Crippen molar-refractivity contribution < 1.29 is 14.4 Å². The number of nitrogens with one attached hydrogen (secondary N) is 1. The van der Waals surface area contributed by atoms with Crippen LogP contribution >= 0.6 is 0 Å². The Hall–Kier alpha value is -3.65. The molecule has 0 saturated carbocycles. The van der Waals surface area contributed by atoms with Crippen LogP contribution in [0.4, 0.5) is 15.3 Å². The van der Waals surface area contributed by atoms with E-state index in [4.69, 9.17) is 11.5 Å². The van der Waals surface area contributed by atoms with Crippen molar-refractivity contribution in [3.05, 3.63) is 66.4 Å². The van der Waals surface area contributed by atoms with Crippen LogP contribution in [-0.4, -0.2) is 45.9 Å². The summed E-state index contributed by atoms with van der Waals surface area (Å²) in [7, 11) is 0. The molecule has 3 aromatic rings. The number of hydrogen-bond acceptors (Lipinski definition) is 4. The fraction of sp³-hybridized carbons (Fsp3) is 0.227. The highest BCUT2D eigenvalue weighted by molar-refractivity contribution is 6.05. The number of ketones is 1. The number of hydrogen-bond donors (Lipinski definition) is 3. The highest BCUT2D eigenvalue weighted by Gasteiger charge is 2.38. The van der Waals surface area contributed by atoms with Crippen LogP contribution in [0.2, 0.25) is 0 Å². The standard InChI is InChI=1S/C22H23N5O3/c23-15-11-19(20(28)10-14-6-2-1-3-7-14)27(12-15)22(30)25-17-13-26(21(24)29)18-9-5-4-8-16(17)18/h1-9,13,15,19H,10-12,23H2,(H2,24,29)(H,25,30)/t15-,19-/m0/s1. The van der Waals surface area contributed by atoms with E-state index < -0.39 is 18.1 Å². The van der Waals surface area contributed by atoms with Gasteiger partial charge >= 0.3 is 12.1 Å². The summed E-state index contributed by atoms with van der Waals surface area (Å²) in [5.74, 6) is -0.0520. The van der Waals surface area contributed by atoms with Gasteiger partial charge in [0.25, 0.3) is 0 Å². The molecular weight excluding hydrogens is 382 g/mol. The van der Waals surface area contributed by atoms with Crippen molar-refractivity contribution >= 4 is 34.4 Å². The summed E-state index contributed by atoms with van der Waals surface area (Å²) in [6.45, 7) is 0.283. The van der Waals surface area contributed by atoms with E-state index in [9.17, 15) is 14.4 Å². The van der Waals surface area contributed by atoms with Gasteiger partial charge in [-0.05, 0) is 18.1 Å². The van der Waals surface area contributed by atoms with E-state index in [1.807, 2.05) is 30.3 Å². The number of Topliss-reactive ketones (excluding diaryl/α,β-unsaturated/α-hetero) is 1. The fourth-order valence-corrected chi connectivity index (χ4v) is 3.96. The number of nitrogens with two attached hydrogens (primary N) is 2. The van der Waals surface area contributed by atoms with Gasteiger partial charge in [-0.2, -0.15) is 0 Å². The second-order valence-electron chi connectivity index (χ2n) is 7.49. The van der Waals surface area contributed by atoms with Crippen LogP contribution in [0.5, 0.6) is 0 Å². The first-order valence-electron chi connectivity index (χ1n) is 9.74. The Morgan fingerprint density at radius 2 is 1.73 bits per heavy atom. The van der Waals surface area contributed by atoms with Gasteiger partial charge in [0.1, 0.15) is 0 Å². The third-order valence-corrected chi connectivity index (χ3v) is 5.38. The molecule has 1 fully saturated rings. The van der Waals surface area contributed by atoms with Gasteiger partial charge < -0.3 is 21.7 Å². The lowest BCUT2D eigenvalue weighted by atomic mass is 10.0. The maximum atomic E-state index is 13.0. The number of rotatable bonds is 4. The first-order chi connectivity index (χ1) is 14.4. The number of urea groups is 1. The number of carbonyl (C=O) groups is 3. The van der Waals surface area contributed by atoms with E-state index in [0.29, 0.717) is 23.0 Å². The van der Waals surface area contributed by atoms with Crippen molar-refractivity contribution in [3.8, 4) is 0 Å². The van der Waals surface area contributed by atoms with Gasteiger partial charge in [0.15, 0.2) is 5.78 Å². The van der Waals surface area contributed by atoms with Gasteiger partial charge in [-0.15, -0.1) is 0 Å². The van der Waals surface area contributed by atoms with Crippen LogP contribution in [0.25, 0.3) is 10.9 Å². The minimum Gasteiger partial charge on any atom is -0.351 e. The van der Waals surface area contributed by atoms with E-state index in [1.54, 1.807) is 24.3 Å². The number of para-hydroxylation sites is 1. The fourth-order valence-electron chi connectivity index (χ4n) is 3.96. The number of aromatic nitrogens is 1. The summed E-state index contributed by atoms with van der Waals surface area (Å²) in [6, 6.07) is 14.6. The quantitative estimate of drug-likeness (QED) is 0.616. The molecule has 4 rings (SSSR count). The molecule has 2 atom stereocenters. The van der Waals surface area contributed by atoms with E-state index in [0.717, 1.165) is 5.56 Å². The maximum Gasteiger partial charge on any atom is 0.323 e. The SMILES string of the molecule is NC(=O)n1cc(NC(=O)N2C[C@@H](N)C[C@H]2C(=O)Cc2ccccc2)c2ccccc21. The second-order valence-corrected chi connectivity index (χ2v) is 7.49. The Morgan fingerprint density at radius 1 is 1.03 bits per heavy atom. The molecule has 2 heterocycles. The molecule has 0 spiro atoms. The number of fused-ring (bicyclic) bond motifs is 1. The average Bonchev–Trinajstić information content (AvgIpc) is 3.30. The van der Waals surface area contributed by atoms with Crippen LogP contribution < -0.4 is 16.8 Å². The molecule has 2 aromatic carbocycles. The summed E-state index contributed by atoms with van der Waals surface area (Å²) in [5.41, 5.74) is 13.4. The summed E-state index contributed by atoms with van der Waals surface area (Å²) < 4.78 is 1.28. The largest absolute Gasteiger partial charge is 0.351 e. The molecule has 8 nitrogen and oxygen atoms in total. The van der Waals surface area contributed by atoms with Gasteiger partial charge in [-0.3, -0.25) is 9.36 Å². The van der Waals surface area contributed by atoms with Crippen molar-refractivity contribution in [2.45, 2.75) is 24.9 Å². The Morgan fingerprint density at radius 3 is 2.47 bits per heavy atom. The summed E-state index contributed by atoms with van der Waals surface area (Å²) >= 11 is 0. The average molecular weight is 405 g/mol. The number of anilines is 1. The van der Waals surface area contributed by atoms with Gasteiger partial charge in [0, 0.05) is 30.6 Å². The number of likely N-dealkylation sites (tertiary alicyclic amines) is 1. The van der Waals surface area contributed by atoms with E-state index >= 15 is 0 Å². The van der Waals surface area contributed by atoms with Gasteiger partial charge in [-0.25, -0.2) is 9.59 Å². The monoisotopic (exact) mass is 405 g/mol. The minimum absolute atomic E-state index is 0.0520. The van der Waals surface area contributed by atoms with Crippen molar-refractivity contribution in [2.75, 3.05) is 11.9 Å². The predicted octanol–water partition coefficient (Wildman–Crippen LogP) is 2.31. The normalized spacial score (nSPS) is 18.5. The van der Waals surface area contributed by atoms with Crippen LogP contribution in [0.1, 0.15) is 12.0 Å². The molecule has 5 N–H and O–H groups in total. The van der Waals surface area contributed by atoms with Crippen molar-refractivity contribution in [3.63, 3.8) is 0 Å². The molecule has 1 aliphatic rings. The second kappa shape index (κ2) is 8.00. The molecule has 154 valence electrons. The number of nitrogens with zero attached hydrogens (tertiary/aromatic N) is 2. The van der Waals surface area contributed by atoms with E-state index in [-0.39, 0.29) is 24.8 Å². The topological polar surface area (TPSA) is 123 Å². The van der Waals surface area contributed by atoms with Crippen molar-refractivity contribution in [1.82, 2.24) is 9.47 Å². The molecule has 30 heavy (non-hydrogen) atoms. The molecule has 0 unspecified atom stereocenters. The smallest absolute Gasteiger partial charge is 0.323 e. The van der Waals surface area contributed by atoms with Crippen molar-refractivity contribution in [2.24, 2.45) is 11.5 Å². The zero-order valence-electron chi connectivity index (χ0n) is 16.3. The molecule has 8 heteroatoms. The first-order valence-corrected chi connectivity index (χ1v) is 9.74. The molecule has 1 saturated heterocycles. The van der Waals surface area contributed by atoms with Crippen molar-refractivity contribution in [1.29, 1.82) is 0 Å². The summed E-state index contributed by atoms with van der Waals surface area (Å²) in [6.07, 6.45) is 2.15. The third-order valence-electron chi connectivity index (χ3n) is 5.38. The molecule has 0 bridgehead atoms. The van der Waals surface area contributed by atoms with E-state index in [1.165, 1.54) is 15.7 Å².